The molecule has 2 aromatic rings. The van der Waals surface area contributed by atoms with Crippen LogP contribution in [0.4, 0.5) is 26.1 Å². The van der Waals surface area contributed by atoms with E-state index >= 15 is 0 Å². The van der Waals surface area contributed by atoms with Crippen LogP contribution in [0.1, 0.15) is 6.92 Å². The lowest BCUT2D eigenvalue weighted by atomic mass is 10.2. The predicted molar refractivity (Wildman–Crippen MR) is 70.6 cm³/mol. The molecule has 0 amide bonds. The summed E-state index contributed by atoms with van der Waals surface area (Å²) in [5, 5.41) is 3.03. The van der Waals surface area contributed by atoms with E-state index in [9.17, 15) is 8.78 Å². The van der Waals surface area contributed by atoms with Gasteiger partial charge in [-0.05, 0) is 19.1 Å². The van der Waals surface area contributed by atoms with Gasteiger partial charge in [-0.25, -0.2) is 18.7 Å². The summed E-state index contributed by atoms with van der Waals surface area (Å²) in [6.45, 7) is 2.66. The van der Waals surface area contributed by atoms with Crippen molar-refractivity contribution < 1.29 is 8.78 Å². The standard InChI is InChI=1S/C13H14F2N4/c1-3-16-12-7-13(18-8-17-12)19(2)11-6-9(14)4-5-10(11)15/h4-8H,3H2,1-2H3,(H,16,17,18). The molecular formula is C13H14F2N4. The van der Waals surface area contributed by atoms with Crippen molar-refractivity contribution in [3.63, 3.8) is 0 Å². The van der Waals surface area contributed by atoms with E-state index in [0.717, 1.165) is 18.2 Å². The highest BCUT2D eigenvalue weighted by Crippen LogP contribution is 2.26. The van der Waals surface area contributed by atoms with E-state index in [1.807, 2.05) is 6.92 Å². The molecule has 0 aliphatic heterocycles. The van der Waals surface area contributed by atoms with Gasteiger partial charge in [0.1, 0.15) is 29.6 Å². The molecule has 1 aromatic carbocycles. The summed E-state index contributed by atoms with van der Waals surface area (Å²) >= 11 is 0. The Hall–Kier alpha value is -2.24. The van der Waals surface area contributed by atoms with E-state index in [0.29, 0.717) is 18.2 Å². The Kier molecular flexibility index (Phi) is 3.89. The smallest absolute Gasteiger partial charge is 0.147 e. The van der Waals surface area contributed by atoms with Crippen LogP contribution in [0.2, 0.25) is 0 Å². The van der Waals surface area contributed by atoms with Gasteiger partial charge in [-0.2, -0.15) is 0 Å². The summed E-state index contributed by atoms with van der Waals surface area (Å²) in [6, 6.07) is 4.97. The first-order valence-electron chi connectivity index (χ1n) is 5.86. The molecule has 1 heterocycles. The fraction of sp³-hybridized carbons (Fsp3) is 0.231. The number of benzene rings is 1. The van der Waals surface area contributed by atoms with Gasteiger partial charge in [0.2, 0.25) is 0 Å². The molecule has 19 heavy (non-hydrogen) atoms. The summed E-state index contributed by atoms with van der Waals surface area (Å²) in [5.41, 5.74) is 0.126. The number of halogens is 2. The molecule has 0 bridgehead atoms. The zero-order valence-corrected chi connectivity index (χ0v) is 10.7. The molecule has 0 saturated heterocycles. The molecule has 0 fully saturated rings. The van der Waals surface area contributed by atoms with E-state index in [4.69, 9.17) is 0 Å². The zero-order valence-electron chi connectivity index (χ0n) is 10.7. The van der Waals surface area contributed by atoms with E-state index in [-0.39, 0.29) is 5.69 Å². The molecule has 0 atom stereocenters. The van der Waals surface area contributed by atoms with E-state index < -0.39 is 11.6 Å². The highest BCUT2D eigenvalue weighted by molar-refractivity contribution is 5.62. The Balaban J connectivity index is 2.35. The Morgan fingerprint density at radius 3 is 2.74 bits per heavy atom. The zero-order chi connectivity index (χ0) is 13.8. The van der Waals surface area contributed by atoms with Crippen LogP contribution in [0.3, 0.4) is 0 Å². The van der Waals surface area contributed by atoms with Crippen LogP contribution >= 0.6 is 0 Å². The van der Waals surface area contributed by atoms with Gasteiger partial charge in [0.05, 0.1) is 5.69 Å². The summed E-state index contributed by atoms with van der Waals surface area (Å²) in [6.07, 6.45) is 1.38. The summed E-state index contributed by atoms with van der Waals surface area (Å²) in [4.78, 5) is 9.56. The van der Waals surface area contributed by atoms with Gasteiger partial charge in [-0.3, -0.25) is 0 Å². The molecule has 1 aromatic heterocycles. The van der Waals surface area contributed by atoms with Gasteiger partial charge in [0.15, 0.2) is 0 Å². The maximum absolute atomic E-state index is 13.7. The third-order valence-electron chi connectivity index (χ3n) is 2.62. The summed E-state index contributed by atoms with van der Waals surface area (Å²) in [5.74, 6) is 0.114. The van der Waals surface area contributed by atoms with Crippen LogP contribution in [0, 0.1) is 11.6 Å². The second kappa shape index (κ2) is 5.60. The minimum Gasteiger partial charge on any atom is -0.370 e. The molecule has 100 valence electrons. The first-order chi connectivity index (χ1) is 9.11. The number of nitrogens with zero attached hydrogens (tertiary/aromatic N) is 3. The molecule has 0 spiro atoms. The predicted octanol–water partition coefficient (Wildman–Crippen LogP) is 2.95. The average molecular weight is 264 g/mol. The van der Waals surface area contributed by atoms with Crippen LogP contribution in [0.15, 0.2) is 30.6 Å². The lowest BCUT2D eigenvalue weighted by Gasteiger charge is -2.19. The monoisotopic (exact) mass is 264 g/mol. The van der Waals surface area contributed by atoms with Crippen LogP contribution < -0.4 is 10.2 Å². The van der Waals surface area contributed by atoms with Gasteiger partial charge in [0.25, 0.3) is 0 Å². The molecule has 2 rings (SSSR count). The molecule has 0 aliphatic rings. The van der Waals surface area contributed by atoms with Gasteiger partial charge in [0, 0.05) is 25.7 Å². The van der Waals surface area contributed by atoms with Gasteiger partial charge >= 0.3 is 0 Å². The van der Waals surface area contributed by atoms with E-state index in [2.05, 4.69) is 15.3 Å². The van der Waals surface area contributed by atoms with Crippen LogP contribution in [-0.4, -0.2) is 23.6 Å². The van der Waals surface area contributed by atoms with Crippen molar-refractivity contribution in [2.24, 2.45) is 0 Å². The van der Waals surface area contributed by atoms with Gasteiger partial charge in [-0.15, -0.1) is 0 Å². The van der Waals surface area contributed by atoms with Gasteiger partial charge < -0.3 is 10.2 Å². The van der Waals surface area contributed by atoms with Crippen molar-refractivity contribution in [1.29, 1.82) is 0 Å². The molecular weight excluding hydrogens is 250 g/mol. The lowest BCUT2D eigenvalue weighted by molar-refractivity contribution is 0.600. The summed E-state index contributed by atoms with van der Waals surface area (Å²) in [7, 11) is 1.62. The van der Waals surface area contributed by atoms with Crippen molar-refractivity contribution in [2.75, 3.05) is 23.8 Å². The Labute approximate surface area is 110 Å². The minimum absolute atomic E-state index is 0.126. The SMILES string of the molecule is CCNc1cc(N(C)c2cc(F)ccc2F)ncn1. The third-order valence-corrected chi connectivity index (χ3v) is 2.62. The Morgan fingerprint density at radius 1 is 1.21 bits per heavy atom. The van der Waals surface area contributed by atoms with Gasteiger partial charge in [-0.1, -0.05) is 0 Å². The van der Waals surface area contributed by atoms with Crippen molar-refractivity contribution in [1.82, 2.24) is 9.97 Å². The quantitative estimate of drug-likeness (QED) is 0.921. The number of rotatable bonds is 4. The van der Waals surface area contributed by atoms with Crippen molar-refractivity contribution in [2.45, 2.75) is 6.92 Å². The number of anilines is 3. The van der Waals surface area contributed by atoms with Crippen molar-refractivity contribution in [3.05, 3.63) is 42.2 Å². The Morgan fingerprint density at radius 2 is 2.00 bits per heavy atom. The maximum atomic E-state index is 13.7. The molecule has 6 heteroatoms. The second-order valence-electron chi connectivity index (χ2n) is 3.95. The number of hydrogen-bond acceptors (Lipinski definition) is 4. The minimum atomic E-state index is -0.507. The lowest BCUT2D eigenvalue weighted by Crippen LogP contribution is -2.14. The van der Waals surface area contributed by atoms with Crippen molar-refractivity contribution in [3.8, 4) is 0 Å². The van der Waals surface area contributed by atoms with Crippen LogP contribution in [0.5, 0.6) is 0 Å². The van der Waals surface area contributed by atoms with E-state index in [1.165, 1.54) is 11.2 Å². The number of aromatic nitrogens is 2. The number of nitrogens with one attached hydrogen (secondary N) is 1. The first kappa shape index (κ1) is 13.2. The molecule has 0 saturated carbocycles. The van der Waals surface area contributed by atoms with Crippen molar-refractivity contribution >= 4 is 17.3 Å². The van der Waals surface area contributed by atoms with Crippen LogP contribution in [-0.2, 0) is 0 Å². The fourth-order valence-electron chi connectivity index (χ4n) is 1.67. The number of hydrogen-bond donors (Lipinski definition) is 1. The molecule has 0 unspecified atom stereocenters. The average Bonchev–Trinajstić information content (AvgIpc) is 2.41. The van der Waals surface area contributed by atoms with Crippen LogP contribution in [0.25, 0.3) is 0 Å². The summed E-state index contributed by atoms with van der Waals surface area (Å²) < 4.78 is 26.9. The molecule has 0 radical (unpaired) electrons. The third kappa shape index (κ3) is 2.96. The molecule has 0 aliphatic carbocycles. The second-order valence-corrected chi connectivity index (χ2v) is 3.95. The molecule has 1 N–H and O–H groups in total. The molecule has 4 nitrogen and oxygen atoms in total. The highest BCUT2D eigenvalue weighted by Gasteiger charge is 2.12. The fourth-order valence-corrected chi connectivity index (χ4v) is 1.67. The maximum Gasteiger partial charge on any atom is 0.147 e. The normalized spacial score (nSPS) is 10.3. The Bertz CT molecular complexity index is 574. The topological polar surface area (TPSA) is 41.0 Å². The highest BCUT2D eigenvalue weighted by atomic mass is 19.1. The largest absolute Gasteiger partial charge is 0.370 e. The van der Waals surface area contributed by atoms with E-state index in [1.54, 1.807) is 13.1 Å². The first-order valence-corrected chi connectivity index (χ1v) is 5.86.